The van der Waals surface area contributed by atoms with E-state index in [9.17, 15) is 31.5 Å². The van der Waals surface area contributed by atoms with Crippen LogP contribution in [0.15, 0.2) is 47.4 Å². The molecule has 1 aliphatic carbocycles. The van der Waals surface area contributed by atoms with Crippen LogP contribution in [0, 0.1) is 0 Å². The molecule has 0 saturated carbocycles. The summed E-state index contributed by atoms with van der Waals surface area (Å²) in [6.07, 6.45) is 0.738. The van der Waals surface area contributed by atoms with Gasteiger partial charge in [0.1, 0.15) is 0 Å². The second-order valence-corrected chi connectivity index (χ2v) is 13.5. The Morgan fingerprint density at radius 3 is 2.45 bits per heavy atom. The summed E-state index contributed by atoms with van der Waals surface area (Å²) in [6, 6.07) is 4.91. The first-order valence-electron chi connectivity index (χ1n) is 13.7. The van der Waals surface area contributed by atoms with E-state index in [1.807, 2.05) is 4.90 Å². The first-order valence-corrected chi connectivity index (χ1v) is 15.6. The number of thiocarbonyl (C=S) groups is 1. The molecule has 232 valence electrons. The van der Waals surface area contributed by atoms with Crippen LogP contribution < -0.4 is 4.90 Å². The maximum atomic E-state index is 13.7. The number of rotatable bonds is 8. The summed E-state index contributed by atoms with van der Waals surface area (Å²) in [4.78, 5) is 18.6. The lowest BCUT2D eigenvalue weighted by molar-refractivity contribution is -0.258. The number of ether oxygens (including phenoxy) is 1. The zero-order valence-corrected chi connectivity index (χ0v) is 25.5. The smallest absolute Gasteiger partial charge is 0.378 e. The Balaban J connectivity index is 1.63. The van der Waals surface area contributed by atoms with Gasteiger partial charge >= 0.3 is 6.18 Å². The number of sulfonamides is 1. The number of piperazine rings is 1. The van der Waals surface area contributed by atoms with E-state index in [1.54, 1.807) is 26.2 Å². The lowest BCUT2D eigenvalue weighted by Gasteiger charge is -2.46. The molecule has 42 heavy (non-hydrogen) atoms. The minimum absolute atomic E-state index is 0.0571. The molecule has 2 heterocycles. The number of hydrogen-bond donors (Lipinski definition) is 1. The van der Waals surface area contributed by atoms with Crippen molar-refractivity contribution in [2.24, 2.45) is 0 Å². The van der Waals surface area contributed by atoms with Gasteiger partial charge in [0.2, 0.25) is 15.9 Å². The van der Waals surface area contributed by atoms with Crippen molar-refractivity contribution in [1.29, 1.82) is 0 Å². The van der Waals surface area contributed by atoms with E-state index in [4.69, 9.17) is 17.0 Å². The van der Waals surface area contributed by atoms with E-state index in [2.05, 4.69) is 4.90 Å². The van der Waals surface area contributed by atoms with Gasteiger partial charge in [-0.15, -0.1) is 0 Å². The average molecular weight is 631 g/mol. The molecule has 0 bridgehead atoms. The lowest BCUT2D eigenvalue weighted by atomic mass is 9.95. The van der Waals surface area contributed by atoms with Crippen molar-refractivity contribution in [3.05, 3.63) is 53.0 Å². The molecule has 0 spiro atoms. The number of carbonyl (C=O) groups excluding carboxylic acids is 1. The van der Waals surface area contributed by atoms with E-state index in [1.165, 1.54) is 39.5 Å². The van der Waals surface area contributed by atoms with Crippen molar-refractivity contribution >= 4 is 38.7 Å². The molecule has 2 aliphatic heterocycles. The fraction of sp³-hybridized carbons (Fsp3) is 0.571. The van der Waals surface area contributed by atoms with Crippen LogP contribution in [-0.2, 0) is 25.2 Å². The van der Waals surface area contributed by atoms with Gasteiger partial charge in [0.05, 0.1) is 24.2 Å². The largest absolute Gasteiger partial charge is 0.421 e. The number of carbonyl (C=O) groups is 1. The fourth-order valence-corrected chi connectivity index (χ4v) is 7.42. The van der Waals surface area contributed by atoms with Gasteiger partial charge in [-0.25, -0.2) is 8.42 Å². The van der Waals surface area contributed by atoms with Crippen molar-refractivity contribution in [1.82, 2.24) is 14.1 Å². The van der Waals surface area contributed by atoms with Crippen molar-refractivity contribution < 1.29 is 36.2 Å². The van der Waals surface area contributed by atoms with Gasteiger partial charge in [0.15, 0.2) is 5.60 Å². The second kappa shape index (κ2) is 12.7. The third-order valence-corrected chi connectivity index (χ3v) is 10.5. The number of hydrogen-bond acceptors (Lipinski definition) is 8. The molecule has 1 amide bonds. The highest BCUT2D eigenvalue weighted by Crippen LogP contribution is 2.39. The number of amides is 1. The van der Waals surface area contributed by atoms with Crippen LogP contribution in [0.2, 0.25) is 0 Å². The standard InChI is InChI=1S/C28H37F3N4O5S2/c1-27(37,28(29,30)31)20-8-10-21(11-9-20)35-13-12-34(42(38,39)25-7-5-4-6-24(25)41)18-23(35)17-33-14-15-40-19-22(33)16-26(36)32(2)3/h4-5,7-11,22-23,37H,6,12-19H2,1-3H3/t22-,23-,27-/m0/s1. The second-order valence-electron chi connectivity index (χ2n) is 11.1. The summed E-state index contributed by atoms with van der Waals surface area (Å²) in [7, 11) is -0.523. The maximum absolute atomic E-state index is 13.7. The summed E-state index contributed by atoms with van der Waals surface area (Å²) < 4.78 is 74.7. The number of benzene rings is 1. The van der Waals surface area contributed by atoms with Crippen LogP contribution in [0.1, 0.15) is 25.3 Å². The zero-order valence-electron chi connectivity index (χ0n) is 23.9. The number of halogens is 3. The third kappa shape index (κ3) is 6.89. The maximum Gasteiger partial charge on any atom is 0.421 e. The van der Waals surface area contributed by atoms with E-state index in [0.717, 1.165) is 0 Å². The molecule has 3 atom stereocenters. The first-order chi connectivity index (χ1) is 19.6. The van der Waals surface area contributed by atoms with E-state index in [0.29, 0.717) is 50.2 Å². The molecule has 4 rings (SSSR count). The number of morpholine rings is 1. The fourth-order valence-electron chi connectivity index (χ4n) is 5.35. The Morgan fingerprint density at radius 2 is 1.83 bits per heavy atom. The highest BCUT2D eigenvalue weighted by atomic mass is 32.2. The minimum atomic E-state index is -4.85. The van der Waals surface area contributed by atoms with Gasteiger partial charge in [-0.1, -0.05) is 36.5 Å². The van der Waals surface area contributed by atoms with Crippen LogP contribution in [0.3, 0.4) is 0 Å². The summed E-state index contributed by atoms with van der Waals surface area (Å²) >= 11 is 5.36. The van der Waals surface area contributed by atoms with Gasteiger partial charge in [0.25, 0.3) is 0 Å². The van der Waals surface area contributed by atoms with Crippen LogP contribution in [-0.4, -0.2) is 117 Å². The van der Waals surface area contributed by atoms with Crippen molar-refractivity contribution in [3.8, 4) is 0 Å². The Morgan fingerprint density at radius 1 is 1.14 bits per heavy atom. The molecule has 0 unspecified atom stereocenters. The zero-order chi connectivity index (χ0) is 30.9. The van der Waals surface area contributed by atoms with Crippen LogP contribution in [0.4, 0.5) is 18.9 Å². The summed E-state index contributed by atoms with van der Waals surface area (Å²) in [5.74, 6) is -0.0571. The number of allylic oxidation sites excluding steroid dienone is 4. The molecule has 0 aromatic heterocycles. The third-order valence-electron chi connectivity index (χ3n) is 8.04. The predicted molar refractivity (Wildman–Crippen MR) is 158 cm³/mol. The number of nitrogens with zero attached hydrogens (tertiary/aromatic N) is 4. The molecule has 9 nitrogen and oxygen atoms in total. The quantitative estimate of drug-likeness (QED) is 0.439. The average Bonchev–Trinajstić information content (AvgIpc) is 2.93. The number of aliphatic hydroxyl groups is 1. The van der Waals surface area contributed by atoms with Crippen molar-refractivity contribution in [2.75, 3.05) is 64.9 Å². The highest BCUT2D eigenvalue weighted by Gasteiger charge is 2.51. The first kappa shape index (κ1) is 32.6. The van der Waals surface area contributed by atoms with Crippen molar-refractivity contribution in [2.45, 2.75) is 43.6 Å². The van der Waals surface area contributed by atoms with Gasteiger partial charge in [0, 0.05) is 76.3 Å². The Hall–Kier alpha value is -2.36. The molecule has 14 heteroatoms. The van der Waals surface area contributed by atoms with Gasteiger partial charge in [-0.05, 0) is 30.7 Å². The SMILES string of the molecule is CN(C)C(=O)C[C@H]1COCCN1C[C@H]1CN(S(=O)(=O)C2=CC=CCC2=S)CCN1c1ccc([C@](C)(O)C(F)(F)F)cc1. The molecule has 0 radical (unpaired) electrons. The Labute approximate surface area is 250 Å². The molecule has 3 aliphatic rings. The van der Waals surface area contributed by atoms with Crippen LogP contribution in [0.5, 0.6) is 0 Å². The van der Waals surface area contributed by atoms with Crippen LogP contribution in [0.25, 0.3) is 0 Å². The number of anilines is 1. The van der Waals surface area contributed by atoms with Crippen LogP contribution >= 0.6 is 12.2 Å². The van der Waals surface area contributed by atoms with Gasteiger partial charge < -0.3 is 19.6 Å². The predicted octanol–water partition coefficient (Wildman–Crippen LogP) is 2.67. The normalized spacial score (nSPS) is 24.3. The molecule has 1 N–H and O–H groups in total. The highest BCUT2D eigenvalue weighted by molar-refractivity contribution is 7.96. The Bertz CT molecular complexity index is 1330. The molecule has 2 fully saturated rings. The summed E-state index contributed by atoms with van der Waals surface area (Å²) in [5.41, 5.74) is -2.71. The summed E-state index contributed by atoms with van der Waals surface area (Å²) in [5, 5.41) is 10.1. The van der Waals surface area contributed by atoms with E-state index >= 15 is 0 Å². The Kier molecular flexibility index (Phi) is 9.85. The molecular weight excluding hydrogens is 593 g/mol. The van der Waals surface area contributed by atoms with E-state index < -0.39 is 27.8 Å². The minimum Gasteiger partial charge on any atom is -0.378 e. The van der Waals surface area contributed by atoms with Gasteiger partial charge in [-0.3, -0.25) is 9.69 Å². The molecule has 1 aromatic rings. The van der Waals surface area contributed by atoms with E-state index in [-0.39, 0.29) is 48.5 Å². The number of alkyl halides is 3. The molecule has 1 aromatic carbocycles. The topological polar surface area (TPSA) is 93.6 Å². The van der Waals surface area contributed by atoms with Crippen molar-refractivity contribution in [3.63, 3.8) is 0 Å². The molecule has 2 saturated heterocycles. The lowest BCUT2D eigenvalue weighted by Crippen LogP contribution is -2.61. The summed E-state index contributed by atoms with van der Waals surface area (Å²) in [6.45, 7) is 2.99. The molecular formula is C28H37F3N4O5S2. The van der Waals surface area contributed by atoms with Gasteiger partial charge in [-0.2, -0.15) is 17.5 Å². The monoisotopic (exact) mass is 630 g/mol.